The molecule has 0 atom stereocenters. The summed E-state index contributed by atoms with van der Waals surface area (Å²) in [7, 11) is 0. The largest absolute Gasteiger partial charge is 0.315 e. The summed E-state index contributed by atoms with van der Waals surface area (Å²) in [6, 6.07) is 52.9. The molecular weight excluding hydrogens is 809 g/mol. The van der Waals surface area contributed by atoms with Crippen LogP contribution in [0.2, 0.25) is 0 Å². The van der Waals surface area contributed by atoms with Crippen LogP contribution in [0.25, 0.3) is 44.7 Å². The van der Waals surface area contributed by atoms with E-state index in [0.29, 0.717) is 0 Å². The highest BCUT2D eigenvalue weighted by molar-refractivity contribution is 5.93. The van der Waals surface area contributed by atoms with Gasteiger partial charge in [-0.05, 0) is 183 Å². The second kappa shape index (κ2) is 17.4. The summed E-state index contributed by atoms with van der Waals surface area (Å²) >= 11 is 0. The van der Waals surface area contributed by atoms with E-state index < -0.39 is 0 Å². The molecule has 2 nitrogen and oxygen atoms in total. The van der Waals surface area contributed by atoms with Crippen LogP contribution in [0.1, 0.15) is 114 Å². The van der Waals surface area contributed by atoms with Crippen LogP contribution in [0.4, 0.5) is 22.7 Å². The van der Waals surface area contributed by atoms with Crippen molar-refractivity contribution in [1.82, 2.24) is 0 Å². The van der Waals surface area contributed by atoms with Gasteiger partial charge in [0.1, 0.15) is 0 Å². The molecule has 0 fully saturated rings. The number of rotatable bonds is 13. The van der Waals surface area contributed by atoms with Gasteiger partial charge in [-0.3, -0.25) is 0 Å². The minimum absolute atomic E-state index is 0.0207. The zero-order chi connectivity index (χ0) is 47.4. The van der Waals surface area contributed by atoms with Gasteiger partial charge < -0.3 is 9.80 Å². The predicted octanol–water partition coefficient (Wildman–Crippen LogP) is 18.6. The number of aryl methyl sites for hydroxylation is 1. The zero-order valence-corrected chi connectivity index (χ0v) is 41.4. The third kappa shape index (κ3) is 7.81. The molecule has 0 saturated carbocycles. The molecule has 0 saturated heterocycles. The van der Waals surface area contributed by atoms with Gasteiger partial charge in [-0.2, -0.15) is 0 Å². The van der Waals surface area contributed by atoms with Crippen LogP contribution in [-0.4, -0.2) is 0 Å². The number of fused-ring (bicyclic) bond motifs is 7. The van der Waals surface area contributed by atoms with Crippen LogP contribution in [0.15, 0.2) is 188 Å². The average Bonchev–Trinajstić information content (AvgIpc) is 3.68. The molecule has 0 amide bonds. The van der Waals surface area contributed by atoms with Gasteiger partial charge >= 0.3 is 0 Å². The lowest BCUT2D eigenvalue weighted by Crippen LogP contribution is -2.20. The molecule has 0 heterocycles. The lowest BCUT2D eigenvalue weighted by atomic mass is 9.72. The Kier molecular flexibility index (Phi) is 11.8. The zero-order valence-electron chi connectivity index (χ0n) is 41.4. The minimum Gasteiger partial charge on any atom is -0.315 e. The summed E-state index contributed by atoms with van der Waals surface area (Å²) in [5.41, 5.74) is 22.1. The maximum atomic E-state index is 4.43. The third-order valence-corrected chi connectivity index (χ3v) is 15.3. The molecule has 0 spiro atoms. The van der Waals surface area contributed by atoms with Crippen molar-refractivity contribution in [3.8, 4) is 22.3 Å². The standard InChI is InChI=1S/C65H66N2/c1-13-20-44(6)66(45(7)21-14-2)52-30-34-56-54-32-26-46(38-59(54)63(8,9)61(56)41-52)37-58(65(12,15-3)16-4)49-28-33-55-57-35-31-53(42-62(57)64(10,11)60(55)40-49)67(50-25-19-22-43(5)36-50)51-29-27-47-23-17-18-24-48(47)39-51/h13-14,17-42H,1,7,15-16H2,2-6,8-12H3. The fourth-order valence-electron chi connectivity index (χ4n) is 11.0. The van der Waals surface area contributed by atoms with Gasteiger partial charge in [0.2, 0.25) is 0 Å². The summed E-state index contributed by atoms with van der Waals surface area (Å²) in [6.45, 7) is 31.5. The van der Waals surface area contributed by atoms with Crippen molar-refractivity contribution >= 4 is 45.2 Å². The van der Waals surface area contributed by atoms with E-state index in [2.05, 4.69) is 237 Å². The Labute approximate surface area is 401 Å². The molecule has 7 aromatic rings. The van der Waals surface area contributed by atoms with Crippen LogP contribution in [-0.2, 0) is 10.8 Å². The van der Waals surface area contributed by atoms with Gasteiger partial charge in [-0.15, -0.1) is 0 Å². The summed E-state index contributed by atoms with van der Waals surface area (Å²) in [4.78, 5) is 4.65. The minimum atomic E-state index is -0.213. The molecule has 0 radical (unpaired) electrons. The Hall–Kier alpha value is -6.90. The van der Waals surface area contributed by atoms with E-state index in [0.717, 1.165) is 41.3 Å². The molecule has 0 unspecified atom stereocenters. The fraction of sp³-hybridized carbons (Fsp3) is 0.231. The van der Waals surface area contributed by atoms with Crippen LogP contribution in [0.3, 0.4) is 0 Å². The maximum Gasteiger partial charge on any atom is 0.0468 e. The first-order valence-corrected chi connectivity index (χ1v) is 24.2. The molecule has 336 valence electrons. The molecule has 0 N–H and O–H groups in total. The van der Waals surface area contributed by atoms with E-state index >= 15 is 0 Å². The summed E-state index contributed by atoms with van der Waals surface area (Å²) in [6.07, 6.45) is 12.6. The van der Waals surface area contributed by atoms with Crippen LogP contribution in [0.5, 0.6) is 0 Å². The monoisotopic (exact) mass is 875 g/mol. The van der Waals surface area contributed by atoms with E-state index in [1.165, 1.54) is 83.2 Å². The highest BCUT2D eigenvalue weighted by Crippen LogP contribution is 2.54. The fourth-order valence-corrected chi connectivity index (χ4v) is 11.0. The van der Waals surface area contributed by atoms with Crippen molar-refractivity contribution < 1.29 is 0 Å². The first kappa shape index (κ1) is 45.3. The van der Waals surface area contributed by atoms with E-state index in [4.69, 9.17) is 0 Å². The molecule has 0 aromatic heterocycles. The lowest BCUT2D eigenvalue weighted by molar-refractivity contribution is 0.416. The molecular formula is C65H66N2. The quantitative estimate of drug-likeness (QED) is 0.0841. The van der Waals surface area contributed by atoms with E-state index in [9.17, 15) is 0 Å². The second-order valence-corrected chi connectivity index (χ2v) is 20.2. The van der Waals surface area contributed by atoms with E-state index in [-0.39, 0.29) is 16.2 Å². The van der Waals surface area contributed by atoms with E-state index in [1.54, 1.807) is 0 Å². The smallest absolute Gasteiger partial charge is 0.0468 e. The van der Waals surface area contributed by atoms with Gasteiger partial charge in [0.15, 0.2) is 0 Å². The predicted molar refractivity (Wildman–Crippen MR) is 292 cm³/mol. The molecule has 67 heavy (non-hydrogen) atoms. The Bertz CT molecular complexity index is 3200. The molecule has 0 aliphatic heterocycles. The van der Waals surface area contributed by atoms with Crippen molar-refractivity contribution in [2.75, 3.05) is 9.80 Å². The number of hydrogen-bond donors (Lipinski definition) is 0. The van der Waals surface area contributed by atoms with Crippen molar-refractivity contribution in [2.24, 2.45) is 5.41 Å². The van der Waals surface area contributed by atoms with Gasteiger partial charge in [0, 0.05) is 45.0 Å². The van der Waals surface area contributed by atoms with Crippen molar-refractivity contribution in [2.45, 2.75) is 92.9 Å². The molecule has 2 aliphatic rings. The molecule has 7 aromatic carbocycles. The van der Waals surface area contributed by atoms with Crippen molar-refractivity contribution in [3.05, 3.63) is 227 Å². The van der Waals surface area contributed by atoms with Gasteiger partial charge in [0.05, 0.1) is 0 Å². The summed E-state index contributed by atoms with van der Waals surface area (Å²) in [5, 5.41) is 2.48. The number of hydrogen-bond acceptors (Lipinski definition) is 2. The first-order valence-electron chi connectivity index (χ1n) is 24.2. The molecule has 9 rings (SSSR count). The first-order chi connectivity index (χ1) is 32.1. The highest BCUT2D eigenvalue weighted by atomic mass is 15.2. The van der Waals surface area contributed by atoms with Crippen molar-refractivity contribution in [1.29, 1.82) is 0 Å². The van der Waals surface area contributed by atoms with Gasteiger partial charge in [0.25, 0.3) is 0 Å². The topological polar surface area (TPSA) is 6.48 Å². The Morgan fingerprint density at radius 1 is 0.612 bits per heavy atom. The highest BCUT2D eigenvalue weighted by Gasteiger charge is 2.39. The van der Waals surface area contributed by atoms with Crippen molar-refractivity contribution in [3.63, 3.8) is 0 Å². The van der Waals surface area contributed by atoms with Crippen LogP contribution >= 0.6 is 0 Å². The number of allylic oxidation sites excluding steroid dienone is 6. The van der Waals surface area contributed by atoms with E-state index in [1.807, 2.05) is 25.2 Å². The number of nitrogens with zero attached hydrogens (tertiary/aromatic N) is 2. The average molecular weight is 875 g/mol. The summed E-state index contributed by atoms with van der Waals surface area (Å²) < 4.78 is 0. The molecule has 2 heteroatoms. The van der Waals surface area contributed by atoms with Gasteiger partial charge in [-0.25, -0.2) is 0 Å². The number of benzene rings is 7. The van der Waals surface area contributed by atoms with Crippen LogP contribution < -0.4 is 9.80 Å². The SMILES string of the molecule is C=CC=C(C)N(C(=C)C=CC)c1ccc2c(c1)C(C)(C)c1cc(C=C(c3ccc4c(c3)C(C)(C)c3cc(N(c5cccc(C)c5)c5ccc6ccccc6c5)ccc3-4)C(C)(CC)CC)ccc1-2. The normalized spacial score (nSPS) is 14.7. The second-order valence-electron chi connectivity index (χ2n) is 20.2. The Balaban J connectivity index is 1.10. The third-order valence-electron chi connectivity index (χ3n) is 15.3. The lowest BCUT2D eigenvalue weighted by Gasteiger charge is -2.32. The summed E-state index contributed by atoms with van der Waals surface area (Å²) in [5.74, 6) is 0. The molecule has 2 aliphatic carbocycles. The van der Waals surface area contributed by atoms with Crippen LogP contribution in [0, 0.1) is 12.3 Å². The molecule has 0 bridgehead atoms. The Morgan fingerprint density at radius 3 is 1.81 bits per heavy atom. The maximum absolute atomic E-state index is 4.43. The Morgan fingerprint density at radius 2 is 1.16 bits per heavy atom. The number of anilines is 4. The van der Waals surface area contributed by atoms with Gasteiger partial charge in [-0.1, -0.05) is 165 Å².